The Labute approximate surface area is 73.1 Å². The minimum absolute atomic E-state index is 0.418. The Balaban J connectivity index is 2.18. The molecule has 0 saturated heterocycles. The third-order valence-corrected chi connectivity index (χ3v) is 2.30. The van der Waals surface area contributed by atoms with Crippen LogP contribution >= 0.6 is 0 Å². The SMILES string of the molecule is CC1C=NC(c2ccccc2)C1. The molecule has 12 heavy (non-hydrogen) atoms. The van der Waals surface area contributed by atoms with Crippen molar-refractivity contribution in [1.29, 1.82) is 0 Å². The maximum absolute atomic E-state index is 4.46. The minimum Gasteiger partial charge on any atom is -0.289 e. The molecule has 0 bridgehead atoms. The van der Waals surface area contributed by atoms with Gasteiger partial charge in [0.25, 0.3) is 0 Å². The summed E-state index contributed by atoms with van der Waals surface area (Å²) in [5.74, 6) is 0.648. The van der Waals surface area contributed by atoms with E-state index in [0.717, 1.165) is 0 Å². The van der Waals surface area contributed by atoms with Gasteiger partial charge in [0.1, 0.15) is 0 Å². The van der Waals surface area contributed by atoms with Crippen molar-refractivity contribution < 1.29 is 0 Å². The lowest BCUT2D eigenvalue weighted by atomic mass is 10.0. The van der Waals surface area contributed by atoms with Gasteiger partial charge in [-0.15, -0.1) is 0 Å². The van der Waals surface area contributed by atoms with Crippen LogP contribution in [-0.2, 0) is 0 Å². The molecule has 0 aliphatic carbocycles. The van der Waals surface area contributed by atoms with E-state index in [2.05, 4.69) is 42.4 Å². The second-order valence-electron chi connectivity index (χ2n) is 3.44. The quantitative estimate of drug-likeness (QED) is 0.597. The van der Waals surface area contributed by atoms with Crippen molar-refractivity contribution >= 4 is 6.21 Å². The smallest absolute Gasteiger partial charge is 0.0751 e. The number of hydrogen-bond donors (Lipinski definition) is 0. The van der Waals surface area contributed by atoms with Crippen molar-refractivity contribution in [3.05, 3.63) is 35.9 Å². The molecule has 0 saturated carbocycles. The van der Waals surface area contributed by atoms with E-state index in [0.29, 0.717) is 12.0 Å². The predicted molar refractivity (Wildman–Crippen MR) is 51.5 cm³/mol. The normalized spacial score (nSPS) is 27.8. The molecule has 1 aromatic rings. The maximum Gasteiger partial charge on any atom is 0.0751 e. The fourth-order valence-corrected chi connectivity index (χ4v) is 1.62. The van der Waals surface area contributed by atoms with E-state index < -0.39 is 0 Å². The highest BCUT2D eigenvalue weighted by Crippen LogP contribution is 2.28. The number of rotatable bonds is 1. The number of aliphatic imine (C=N–C) groups is 1. The van der Waals surface area contributed by atoms with Crippen LogP contribution < -0.4 is 0 Å². The first kappa shape index (κ1) is 7.53. The molecule has 2 unspecified atom stereocenters. The molecule has 1 aliphatic rings. The molecule has 1 aliphatic heterocycles. The highest BCUT2D eigenvalue weighted by molar-refractivity contribution is 5.63. The van der Waals surface area contributed by atoms with Crippen LogP contribution in [-0.4, -0.2) is 6.21 Å². The highest BCUT2D eigenvalue weighted by Gasteiger charge is 2.17. The standard InChI is InChI=1S/C11H13N/c1-9-7-11(12-8-9)10-5-3-2-4-6-10/h2-6,8-9,11H,7H2,1H3. The summed E-state index contributed by atoms with van der Waals surface area (Å²) in [6, 6.07) is 10.9. The molecule has 2 rings (SSSR count). The monoisotopic (exact) mass is 159 g/mol. The average molecular weight is 159 g/mol. The van der Waals surface area contributed by atoms with Crippen molar-refractivity contribution in [3.63, 3.8) is 0 Å². The third kappa shape index (κ3) is 1.40. The van der Waals surface area contributed by atoms with Crippen molar-refractivity contribution in [1.82, 2.24) is 0 Å². The van der Waals surface area contributed by atoms with Crippen LogP contribution in [0, 0.1) is 5.92 Å². The molecule has 1 aromatic carbocycles. The lowest BCUT2D eigenvalue weighted by molar-refractivity contribution is 0.632. The molecule has 0 fully saturated rings. The van der Waals surface area contributed by atoms with E-state index in [1.165, 1.54) is 12.0 Å². The summed E-state index contributed by atoms with van der Waals surface area (Å²) >= 11 is 0. The van der Waals surface area contributed by atoms with Crippen LogP contribution in [0.5, 0.6) is 0 Å². The van der Waals surface area contributed by atoms with Crippen LogP contribution in [0.3, 0.4) is 0 Å². The van der Waals surface area contributed by atoms with Crippen LogP contribution in [0.2, 0.25) is 0 Å². The molecule has 62 valence electrons. The Morgan fingerprint density at radius 3 is 2.58 bits per heavy atom. The predicted octanol–water partition coefficient (Wildman–Crippen LogP) is 2.84. The van der Waals surface area contributed by atoms with Crippen molar-refractivity contribution in [3.8, 4) is 0 Å². The van der Waals surface area contributed by atoms with E-state index in [1.54, 1.807) is 0 Å². The molecule has 0 spiro atoms. The van der Waals surface area contributed by atoms with Gasteiger partial charge < -0.3 is 0 Å². The largest absolute Gasteiger partial charge is 0.289 e. The Morgan fingerprint density at radius 1 is 1.25 bits per heavy atom. The average Bonchev–Trinajstić information content (AvgIpc) is 2.54. The van der Waals surface area contributed by atoms with Gasteiger partial charge in [-0.05, 0) is 17.9 Å². The zero-order chi connectivity index (χ0) is 8.39. The molecule has 0 radical (unpaired) electrons. The Kier molecular flexibility index (Phi) is 1.94. The Bertz CT molecular complexity index is 276. The van der Waals surface area contributed by atoms with Crippen LogP contribution in [0.1, 0.15) is 24.9 Å². The Hall–Kier alpha value is -1.11. The summed E-state index contributed by atoms with van der Waals surface area (Å²) < 4.78 is 0. The van der Waals surface area contributed by atoms with E-state index in [-0.39, 0.29) is 0 Å². The molecule has 1 heterocycles. The number of nitrogens with zero attached hydrogens (tertiary/aromatic N) is 1. The minimum atomic E-state index is 0.418. The second kappa shape index (κ2) is 3.10. The topological polar surface area (TPSA) is 12.4 Å². The molecule has 1 heteroatoms. The fourth-order valence-electron chi connectivity index (χ4n) is 1.62. The van der Waals surface area contributed by atoms with Gasteiger partial charge in [-0.2, -0.15) is 0 Å². The van der Waals surface area contributed by atoms with E-state index in [1.807, 2.05) is 6.07 Å². The molecular formula is C11H13N. The first-order chi connectivity index (χ1) is 5.86. The zero-order valence-electron chi connectivity index (χ0n) is 7.27. The summed E-state index contributed by atoms with van der Waals surface area (Å²) in [6.07, 6.45) is 3.24. The molecule has 2 atom stereocenters. The van der Waals surface area contributed by atoms with Crippen LogP contribution in [0.4, 0.5) is 0 Å². The summed E-state index contributed by atoms with van der Waals surface area (Å²) in [7, 11) is 0. The van der Waals surface area contributed by atoms with Gasteiger partial charge in [-0.1, -0.05) is 37.3 Å². The van der Waals surface area contributed by atoms with Gasteiger partial charge in [0.2, 0.25) is 0 Å². The van der Waals surface area contributed by atoms with Crippen molar-refractivity contribution in [2.45, 2.75) is 19.4 Å². The Morgan fingerprint density at radius 2 is 2.00 bits per heavy atom. The summed E-state index contributed by atoms with van der Waals surface area (Å²) in [6.45, 7) is 2.21. The van der Waals surface area contributed by atoms with Gasteiger partial charge in [-0.25, -0.2) is 0 Å². The zero-order valence-corrected chi connectivity index (χ0v) is 7.27. The van der Waals surface area contributed by atoms with Gasteiger partial charge >= 0.3 is 0 Å². The fraction of sp³-hybridized carbons (Fsp3) is 0.364. The van der Waals surface area contributed by atoms with Crippen molar-refractivity contribution in [2.75, 3.05) is 0 Å². The third-order valence-electron chi connectivity index (χ3n) is 2.30. The highest BCUT2D eigenvalue weighted by atomic mass is 14.8. The van der Waals surface area contributed by atoms with E-state index in [4.69, 9.17) is 0 Å². The lowest BCUT2D eigenvalue weighted by Gasteiger charge is -2.06. The van der Waals surface area contributed by atoms with E-state index >= 15 is 0 Å². The lowest BCUT2D eigenvalue weighted by Crippen LogP contribution is -1.93. The molecule has 0 amide bonds. The van der Waals surface area contributed by atoms with E-state index in [9.17, 15) is 0 Å². The van der Waals surface area contributed by atoms with Crippen molar-refractivity contribution in [2.24, 2.45) is 10.9 Å². The molecule has 0 N–H and O–H groups in total. The van der Waals surface area contributed by atoms with Gasteiger partial charge in [-0.3, -0.25) is 4.99 Å². The molecular weight excluding hydrogens is 146 g/mol. The first-order valence-corrected chi connectivity index (χ1v) is 4.44. The number of benzene rings is 1. The first-order valence-electron chi connectivity index (χ1n) is 4.44. The van der Waals surface area contributed by atoms with Gasteiger partial charge in [0.05, 0.1) is 6.04 Å². The van der Waals surface area contributed by atoms with Crippen LogP contribution in [0.25, 0.3) is 0 Å². The summed E-state index contributed by atoms with van der Waals surface area (Å²) in [5.41, 5.74) is 1.35. The van der Waals surface area contributed by atoms with Crippen LogP contribution in [0.15, 0.2) is 35.3 Å². The van der Waals surface area contributed by atoms with Gasteiger partial charge in [0.15, 0.2) is 0 Å². The molecule has 1 nitrogen and oxygen atoms in total. The van der Waals surface area contributed by atoms with Gasteiger partial charge in [0, 0.05) is 6.21 Å². The summed E-state index contributed by atoms with van der Waals surface area (Å²) in [5, 5.41) is 0. The maximum atomic E-state index is 4.46. The molecule has 0 aromatic heterocycles. The number of hydrogen-bond acceptors (Lipinski definition) is 1. The second-order valence-corrected chi connectivity index (χ2v) is 3.44. The summed E-state index contributed by atoms with van der Waals surface area (Å²) in [4.78, 5) is 4.46.